The Bertz CT molecular complexity index is 1130. The molecule has 1 N–H and O–H groups in total. The highest BCUT2D eigenvalue weighted by Crippen LogP contribution is 2.28. The minimum Gasteiger partial charge on any atom is -0.483 e. The molecule has 0 atom stereocenters. The standard InChI is InChI=1S/C23H17F3N2O3/c24-16-6-4-14(5-7-16)11-28-12-15-10-17(8-9-20(15)31-13-21(28)29)27-23(30)22-18(25)2-1-3-19(22)26/h1-10H,11-13H2,(H,27,30). The van der Waals surface area contributed by atoms with Gasteiger partial charge in [-0.2, -0.15) is 0 Å². The van der Waals surface area contributed by atoms with Gasteiger partial charge in [0.2, 0.25) is 0 Å². The van der Waals surface area contributed by atoms with Crippen molar-refractivity contribution in [2.45, 2.75) is 13.1 Å². The van der Waals surface area contributed by atoms with Crippen LogP contribution in [-0.4, -0.2) is 23.3 Å². The van der Waals surface area contributed by atoms with Crippen molar-refractivity contribution in [3.8, 4) is 5.75 Å². The second kappa shape index (κ2) is 8.51. The Hall–Kier alpha value is -3.81. The Morgan fingerprint density at radius 1 is 1.00 bits per heavy atom. The maximum atomic E-state index is 13.9. The molecule has 1 aliphatic rings. The molecule has 0 bridgehead atoms. The molecule has 0 unspecified atom stereocenters. The SMILES string of the molecule is O=C(Nc1ccc2c(c1)CN(Cc1ccc(F)cc1)C(=O)CO2)c1c(F)cccc1F. The fourth-order valence-corrected chi connectivity index (χ4v) is 3.31. The van der Waals surface area contributed by atoms with E-state index in [2.05, 4.69) is 5.32 Å². The van der Waals surface area contributed by atoms with Crippen molar-refractivity contribution in [1.82, 2.24) is 4.90 Å². The van der Waals surface area contributed by atoms with Crippen LogP contribution in [0.25, 0.3) is 0 Å². The Labute approximate surface area is 176 Å². The van der Waals surface area contributed by atoms with E-state index in [0.29, 0.717) is 17.0 Å². The van der Waals surface area contributed by atoms with Crippen molar-refractivity contribution >= 4 is 17.5 Å². The Kier molecular flexibility index (Phi) is 5.62. The number of ether oxygens (including phenoxy) is 1. The molecule has 0 radical (unpaired) electrons. The smallest absolute Gasteiger partial charge is 0.261 e. The highest BCUT2D eigenvalue weighted by molar-refractivity contribution is 6.04. The van der Waals surface area contributed by atoms with Crippen molar-refractivity contribution in [2.24, 2.45) is 0 Å². The second-order valence-electron chi connectivity index (χ2n) is 7.04. The number of fused-ring (bicyclic) bond motifs is 1. The molecule has 3 aromatic carbocycles. The normalized spacial score (nSPS) is 13.3. The van der Waals surface area contributed by atoms with E-state index in [0.717, 1.165) is 17.7 Å². The van der Waals surface area contributed by atoms with Gasteiger partial charge in [0.15, 0.2) is 6.61 Å². The Morgan fingerprint density at radius 3 is 2.42 bits per heavy atom. The molecule has 8 heteroatoms. The average Bonchev–Trinajstić information content (AvgIpc) is 2.88. The molecule has 5 nitrogen and oxygen atoms in total. The first kappa shape index (κ1) is 20.5. The van der Waals surface area contributed by atoms with Gasteiger partial charge in [0.1, 0.15) is 28.8 Å². The first-order valence-electron chi connectivity index (χ1n) is 9.44. The maximum absolute atomic E-state index is 13.9. The summed E-state index contributed by atoms with van der Waals surface area (Å²) in [7, 11) is 0. The van der Waals surface area contributed by atoms with E-state index in [9.17, 15) is 22.8 Å². The molecule has 1 aliphatic heterocycles. The topological polar surface area (TPSA) is 58.6 Å². The number of nitrogens with one attached hydrogen (secondary N) is 1. The van der Waals surface area contributed by atoms with E-state index >= 15 is 0 Å². The number of hydrogen-bond acceptors (Lipinski definition) is 3. The molecular weight excluding hydrogens is 409 g/mol. The summed E-state index contributed by atoms with van der Waals surface area (Å²) in [6.45, 7) is 0.266. The summed E-state index contributed by atoms with van der Waals surface area (Å²) in [5, 5.41) is 2.47. The average molecular weight is 426 g/mol. The van der Waals surface area contributed by atoms with Gasteiger partial charge in [0.05, 0.1) is 0 Å². The molecule has 0 spiro atoms. The van der Waals surface area contributed by atoms with Gasteiger partial charge in [0.25, 0.3) is 11.8 Å². The van der Waals surface area contributed by atoms with Crippen molar-refractivity contribution in [3.05, 3.63) is 94.8 Å². The number of anilines is 1. The zero-order valence-electron chi connectivity index (χ0n) is 16.2. The van der Waals surface area contributed by atoms with Crippen LogP contribution in [0.1, 0.15) is 21.5 Å². The molecule has 0 fully saturated rings. The minimum absolute atomic E-state index is 0.166. The maximum Gasteiger partial charge on any atom is 0.261 e. The van der Waals surface area contributed by atoms with Crippen LogP contribution in [0.3, 0.4) is 0 Å². The monoisotopic (exact) mass is 426 g/mol. The summed E-state index contributed by atoms with van der Waals surface area (Å²) in [4.78, 5) is 26.4. The Morgan fingerprint density at radius 2 is 1.71 bits per heavy atom. The molecule has 0 aromatic heterocycles. The molecule has 0 saturated heterocycles. The van der Waals surface area contributed by atoms with Crippen LogP contribution in [0.15, 0.2) is 60.7 Å². The van der Waals surface area contributed by atoms with Crippen molar-refractivity contribution in [3.63, 3.8) is 0 Å². The number of halogens is 3. The highest BCUT2D eigenvalue weighted by atomic mass is 19.1. The number of benzene rings is 3. The van der Waals surface area contributed by atoms with Crippen LogP contribution >= 0.6 is 0 Å². The van der Waals surface area contributed by atoms with E-state index in [1.807, 2.05) is 0 Å². The first-order valence-corrected chi connectivity index (χ1v) is 9.44. The first-order chi connectivity index (χ1) is 14.9. The van der Waals surface area contributed by atoms with Gasteiger partial charge >= 0.3 is 0 Å². The van der Waals surface area contributed by atoms with Crippen LogP contribution < -0.4 is 10.1 Å². The quantitative estimate of drug-likeness (QED) is 0.678. The third-order valence-electron chi connectivity index (χ3n) is 4.86. The van der Waals surface area contributed by atoms with Gasteiger partial charge < -0.3 is 15.0 Å². The fourth-order valence-electron chi connectivity index (χ4n) is 3.31. The van der Waals surface area contributed by atoms with E-state index in [4.69, 9.17) is 4.74 Å². The van der Waals surface area contributed by atoms with E-state index < -0.39 is 23.1 Å². The number of hydrogen-bond donors (Lipinski definition) is 1. The molecule has 1 heterocycles. The van der Waals surface area contributed by atoms with Gasteiger partial charge in [0, 0.05) is 24.3 Å². The Balaban J connectivity index is 1.55. The summed E-state index contributed by atoms with van der Waals surface area (Å²) >= 11 is 0. The largest absolute Gasteiger partial charge is 0.483 e. The fraction of sp³-hybridized carbons (Fsp3) is 0.130. The summed E-state index contributed by atoms with van der Waals surface area (Å²) in [6, 6.07) is 13.7. The lowest BCUT2D eigenvalue weighted by atomic mass is 10.1. The van der Waals surface area contributed by atoms with E-state index in [-0.39, 0.29) is 31.4 Å². The van der Waals surface area contributed by atoms with Crippen molar-refractivity contribution in [1.29, 1.82) is 0 Å². The molecule has 0 aliphatic carbocycles. The lowest BCUT2D eigenvalue weighted by Gasteiger charge is -2.20. The zero-order valence-corrected chi connectivity index (χ0v) is 16.2. The predicted octanol–water partition coefficient (Wildman–Crippen LogP) is 4.28. The summed E-state index contributed by atoms with van der Waals surface area (Å²) in [5.74, 6) is -3.02. The molecule has 2 amide bonds. The number of amides is 2. The predicted molar refractivity (Wildman–Crippen MR) is 107 cm³/mol. The number of nitrogens with zero attached hydrogens (tertiary/aromatic N) is 1. The molecule has 31 heavy (non-hydrogen) atoms. The van der Waals surface area contributed by atoms with Gasteiger partial charge in [-0.05, 0) is 48.0 Å². The third kappa shape index (κ3) is 4.53. The number of rotatable bonds is 4. The van der Waals surface area contributed by atoms with Gasteiger partial charge in [-0.25, -0.2) is 13.2 Å². The molecule has 3 aromatic rings. The van der Waals surface area contributed by atoms with Crippen LogP contribution in [-0.2, 0) is 17.9 Å². The zero-order chi connectivity index (χ0) is 22.0. The second-order valence-corrected chi connectivity index (χ2v) is 7.04. The lowest BCUT2D eigenvalue weighted by molar-refractivity contribution is -0.133. The van der Waals surface area contributed by atoms with Gasteiger partial charge in [-0.1, -0.05) is 18.2 Å². The lowest BCUT2D eigenvalue weighted by Crippen LogP contribution is -2.31. The van der Waals surface area contributed by atoms with Crippen LogP contribution in [0.2, 0.25) is 0 Å². The van der Waals surface area contributed by atoms with Crippen LogP contribution in [0.5, 0.6) is 5.75 Å². The van der Waals surface area contributed by atoms with Crippen LogP contribution in [0, 0.1) is 17.5 Å². The molecular formula is C23H17F3N2O3. The molecule has 0 saturated carbocycles. The van der Waals surface area contributed by atoms with E-state index in [1.54, 1.807) is 29.2 Å². The van der Waals surface area contributed by atoms with Gasteiger partial charge in [-0.15, -0.1) is 0 Å². The number of carbonyl (C=O) groups is 2. The van der Waals surface area contributed by atoms with Crippen LogP contribution in [0.4, 0.5) is 18.9 Å². The van der Waals surface area contributed by atoms with Crippen molar-refractivity contribution < 1.29 is 27.5 Å². The summed E-state index contributed by atoms with van der Waals surface area (Å²) in [5.41, 5.74) is 0.977. The highest BCUT2D eigenvalue weighted by Gasteiger charge is 2.23. The van der Waals surface area contributed by atoms with E-state index in [1.165, 1.54) is 24.3 Å². The summed E-state index contributed by atoms with van der Waals surface area (Å²) < 4.78 is 46.4. The minimum atomic E-state index is -0.966. The third-order valence-corrected chi connectivity index (χ3v) is 4.86. The van der Waals surface area contributed by atoms with Gasteiger partial charge in [-0.3, -0.25) is 9.59 Å². The number of carbonyl (C=O) groups excluding carboxylic acids is 2. The molecule has 158 valence electrons. The molecule has 4 rings (SSSR count). The van der Waals surface area contributed by atoms with Crippen molar-refractivity contribution in [2.75, 3.05) is 11.9 Å². The summed E-state index contributed by atoms with van der Waals surface area (Å²) in [6.07, 6.45) is 0.